The molecule has 1 heterocycles. The first kappa shape index (κ1) is 18.3. The number of aromatic nitrogens is 1. The molecule has 2 rings (SSSR count). The number of hydrogen-bond acceptors (Lipinski definition) is 4. The van der Waals surface area contributed by atoms with Gasteiger partial charge in [0, 0.05) is 17.6 Å². The SMILES string of the molecule is CC(C)(C)N(C(=O)O)C1CCC(Nc2ccc(C#N)c(Cl)n2)CC1. The Morgan fingerprint density at radius 3 is 2.46 bits per heavy atom. The molecule has 0 bridgehead atoms. The molecule has 1 saturated carbocycles. The van der Waals surface area contributed by atoms with E-state index >= 15 is 0 Å². The van der Waals surface area contributed by atoms with E-state index in [4.69, 9.17) is 16.9 Å². The van der Waals surface area contributed by atoms with E-state index < -0.39 is 11.6 Å². The highest BCUT2D eigenvalue weighted by Crippen LogP contribution is 2.30. The van der Waals surface area contributed by atoms with Crippen molar-refractivity contribution >= 4 is 23.5 Å². The molecule has 1 aromatic rings. The smallest absolute Gasteiger partial charge is 0.407 e. The van der Waals surface area contributed by atoms with Gasteiger partial charge in [-0.15, -0.1) is 0 Å². The molecule has 1 fully saturated rings. The van der Waals surface area contributed by atoms with Gasteiger partial charge < -0.3 is 15.3 Å². The highest BCUT2D eigenvalue weighted by atomic mass is 35.5. The summed E-state index contributed by atoms with van der Waals surface area (Å²) in [6, 6.07) is 5.65. The largest absolute Gasteiger partial charge is 0.465 e. The first-order valence-corrected chi connectivity index (χ1v) is 8.45. The molecule has 7 heteroatoms. The summed E-state index contributed by atoms with van der Waals surface area (Å²) in [5.74, 6) is 0.647. The molecular formula is C17H23ClN4O2. The number of nitriles is 1. The summed E-state index contributed by atoms with van der Waals surface area (Å²) in [5.41, 5.74) is -0.0490. The minimum absolute atomic E-state index is 0.0399. The van der Waals surface area contributed by atoms with Crippen molar-refractivity contribution in [2.75, 3.05) is 5.32 Å². The van der Waals surface area contributed by atoms with Gasteiger partial charge in [0.15, 0.2) is 0 Å². The first-order chi connectivity index (χ1) is 11.2. The second kappa shape index (κ2) is 7.27. The Morgan fingerprint density at radius 2 is 2.00 bits per heavy atom. The summed E-state index contributed by atoms with van der Waals surface area (Å²) >= 11 is 5.95. The van der Waals surface area contributed by atoms with Crippen LogP contribution in [0.15, 0.2) is 12.1 Å². The molecule has 1 amide bonds. The van der Waals surface area contributed by atoms with Crippen LogP contribution in [0.1, 0.15) is 52.0 Å². The van der Waals surface area contributed by atoms with E-state index in [1.165, 1.54) is 0 Å². The van der Waals surface area contributed by atoms with Crippen molar-refractivity contribution in [3.8, 4) is 6.07 Å². The number of carboxylic acid groups (broad SMARTS) is 1. The van der Waals surface area contributed by atoms with Gasteiger partial charge in [0.05, 0.1) is 5.56 Å². The molecule has 0 unspecified atom stereocenters. The van der Waals surface area contributed by atoms with Crippen LogP contribution in [0.3, 0.4) is 0 Å². The average molecular weight is 351 g/mol. The first-order valence-electron chi connectivity index (χ1n) is 8.08. The molecule has 0 spiro atoms. The predicted molar refractivity (Wildman–Crippen MR) is 93.2 cm³/mol. The van der Waals surface area contributed by atoms with Gasteiger partial charge in [0.25, 0.3) is 0 Å². The fourth-order valence-corrected chi connectivity index (χ4v) is 3.47. The molecule has 0 radical (unpaired) electrons. The average Bonchev–Trinajstić information content (AvgIpc) is 2.47. The normalized spacial score (nSPS) is 21.0. The highest BCUT2D eigenvalue weighted by molar-refractivity contribution is 6.30. The third-order valence-corrected chi connectivity index (χ3v) is 4.60. The number of anilines is 1. The molecule has 0 atom stereocenters. The van der Waals surface area contributed by atoms with Crippen molar-refractivity contribution in [3.05, 3.63) is 22.8 Å². The number of rotatable bonds is 3. The van der Waals surface area contributed by atoms with Gasteiger partial charge in [-0.2, -0.15) is 5.26 Å². The van der Waals surface area contributed by atoms with Crippen LogP contribution in [0.25, 0.3) is 0 Å². The summed E-state index contributed by atoms with van der Waals surface area (Å²) in [5, 5.41) is 21.9. The Hall–Kier alpha value is -2.00. The third-order valence-electron chi connectivity index (χ3n) is 4.31. The van der Waals surface area contributed by atoms with Crippen LogP contribution in [0.5, 0.6) is 0 Å². The van der Waals surface area contributed by atoms with E-state index in [0.717, 1.165) is 25.7 Å². The fourth-order valence-electron chi connectivity index (χ4n) is 3.28. The van der Waals surface area contributed by atoms with E-state index in [0.29, 0.717) is 11.4 Å². The summed E-state index contributed by atoms with van der Waals surface area (Å²) < 4.78 is 0. The van der Waals surface area contributed by atoms with Crippen molar-refractivity contribution in [3.63, 3.8) is 0 Å². The third kappa shape index (κ3) is 4.30. The molecule has 1 aliphatic carbocycles. The van der Waals surface area contributed by atoms with Crippen LogP contribution in [-0.2, 0) is 0 Å². The van der Waals surface area contributed by atoms with E-state index in [9.17, 15) is 9.90 Å². The molecular weight excluding hydrogens is 328 g/mol. The van der Waals surface area contributed by atoms with Gasteiger partial charge in [0.2, 0.25) is 0 Å². The molecule has 130 valence electrons. The van der Waals surface area contributed by atoms with Crippen molar-refractivity contribution in [2.45, 2.75) is 64.1 Å². The van der Waals surface area contributed by atoms with Crippen LogP contribution in [0.2, 0.25) is 5.15 Å². The van der Waals surface area contributed by atoms with Gasteiger partial charge in [0.1, 0.15) is 17.0 Å². The minimum Gasteiger partial charge on any atom is -0.465 e. The molecule has 2 N–H and O–H groups in total. The van der Waals surface area contributed by atoms with Crippen molar-refractivity contribution in [1.29, 1.82) is 5.26 Å². The Balaban J connectivity index is 1.97. The quantitative estimate of drug-likeness (QED) is 0.801. The van der Waals surface area contributed by atoms with Crippen LogP contribution >= 0.6 is 11.6 Å². The zero-order valence-electron chi connectivity index (χ0n) is 14.2. The Kier molecular flexibility index (Phi) is 5.55. The number of carbonyl (C=O) groups is 1. The standard InChI is InChI=1S/C17H23ClN4O2/c1-17(2,3)22(16(23)24)13-7-5-12(6-8-13)20-14-9-4-11(10-19)15(18)21-14/h4,9,12-13H,5-8H2,1-3H3,(H,20,21)(H,23,24). The molecule has 0 aromatic carbocycles. The van der Waals surface area contributed by atoms with Gasteiger partial charge >= 0.3 is 6.09 Å². The number of nitrogens with one attached hydrogen (secondary N) is 1. The number of amides is 1. The van der Waals surface area contributed by atoms with E-state index in [-0.39, 0.29) is 17.2 Å². The monoisotopic (exact) mass is 350 g/mol. The van der Waals surface area contributed by atoms with E-state index in [1.54, 1.807) is 17.0 Å². The number of halogens is 1. The maximum absolute atomic E-state index is 11.6. The summed E-state index contributed by atoms with van der Waals surface area (Å²) in [6.07, 6.45) is 2.49. The van der Waals surface area contributed by atoms with Crippen LogP contribution in [-0.4, -0.2) is 38.7 Å². The summed E-state index contributed by atoms with van der Waals surface area (Å²) in [7, 11) is 0. The van der Waals surface area contributed by atoms with Crippen LogP contribution < -0.4 is 5.32 Å². The zero-order chi connectivity index (χ0) is 17.9. The van der Waals surface area contributed by atoms with Crippen LogP contribution in [0, 0.1) is 11.3 Å². The van der Waals surface area contributed by atoms with E-state index in [2.05, 4.69) is 10.3 Å². The van der Waals surface area contributed by atoms with Gasteiger partial charge in [-0.1, -0.05) is 11.6 Å². The second-order valence-electron chi connectivity index (χ2n) is 7.12. The molecule has 6 nitrogen and oxygen atoms in total. The number of nitrogens with zero attached hydrogens (tertiary/aromatic N) is 3. The fraction of sp³-hybridized carbons (Fsp3) is 0.588. The number of hydrogen-bond donors (Lipinski definition) is 2. The lowest BCUT2D eigenvalue weighted by Gasteiger charge is -2.42. The zero-order valence-corrected chi connectivity index (χ0v) is 15.0. The molecule has 0 aliphatic heterocycles. The second-order valence-corrected chi connectivity index (χ2v) is 7.48. The summed E-state index contributed by atoms with van der Waals surface area (Å²) in [4.78, 5) is 17.3. The highest BCUT2D eigenvalue weighted by Gasteiger charge is 2.35. The van der Waals surface area contributed by atoms with Crippen LogP contribution in [0.4, 0.5) is 10.6 Å². The maximum Gasteiger partial charge on any atom is 0.407 e. The maximum atomic E-state index is 11.6. The minimum atomic E-state index is -0.862. The van der Waals surface area contributed by atoms with Crippen molar-refractivity contribution < 1.29 is 9.90 Å². The van der Waals surface area contributed by atoms with Gasteiger partial charge in [-0.25, -0.2) is 9.78 Å². The predicted octanol–water partition coefficient (Wildman–Crippen LogP) is 4.11. The number of pyridine rings is 1. The van der Waals surface area contributed by atoms with Crippen molar-refractivity contribution in [2.24, 2.45) is 0 Å². The van der Waals surface area contributed by atoms with Gasteiger partial charge in [-0.3, -0.25) is 0 Å². The molecule has 0 saturated heterocycles. The van der Waals surface area contributed by atoms with Gasteiger partial charge in [-0.05, 0) is 58.6 Å². The lowest BCUT2D eigenvalue weighted by molar-refractivity contribution is 0.0556. The van der Waals surface area contributed by atoms with E-state index in [1.807, 2.05) is 26.8 Å². The Bertz CT molecular complexity index is 643. The topological polar surface area (TPSA) is 89.3 Å². The Labute approximate surface area is 147 Å². The Morgan fingerprint density at radius 1 is 1.38 bits per heavy atom. The lowest BCUT2D eigenvalue weighted by Crippen LogP contribution is -2.52. The molecule has 24 heavy (non-hydrogen) atoms. The molecule has 1 aliphatic rings. The summed E-state index contributed by atoms with van der Waals surface area (Å²) in [6.45, 7) is 5.77. The molecule has 1 aromatic heterocycles. The lowest BCUT2D eigenvalue weighted by atomic mass is 9.88. The van der Waals surface area contributed by atoms with Crippen molar-refractivity contribution in [1.82, 2.24) is 9.88 Å².